The highest BCUT2D eigenvalue weighted by atomic mass is 16.5. The average molecular weight is 1560 g/mol. The molecule has 10 heteroatoms. The predicted molar refractivity (Wildman–Crippen MR) is 489 cm³/mol. The number of fused-ring (bicyclic) bond motifs is 26. The van der Waals surface area contributed by atoms with Gasteiger partial charge in [-0.25, -0.2) is 39.9 Å². The molecule has 25 rings (SSSR count). The van der Waals surface area contributed by atoms with Crippen LogP contribution in [0.4, 0.5) is 0 Å². The molecule has 17 aromatic carbocycles. The first-order valence-electron chi connectivity index (χ1n) is 41.2. The molecule has 0 saturated heterocycles. The van der Waals surface area contributed by atoms with Crippen LogP contribution in [0.2, 0.25) is 0 Å². The third kappa shape index (κ3) is 11.0. The van der Waals surface area contributed by atoms with Crippen molar-refractivity contribution in [2.45, 2.75) is 10.8 Å². The molecule has 0 N–H and O–H groups in total. The van der Waals surface area contributed by atoms with Crippen LogP contribution in [0.3, 0.4) is 0 Å². The zero-order chi connectivity index (χ0) is 80.4. The number of hydrogen-bond acceptors (Lipinski definition) is 10. The number of nitrogens with zero attached hydrogens (tertiary/aromatic N) is 8. The minimum Gasteiger partial charge on any atom is -0.456 e. The summed E-state index contributed by atoms with van der Waals surface area (Å²) in [5.41, 5.74) is 26.5. The Hall–Kier alpha value is -16.3. The lowest BCUT2D eigenvalue weighted by Gasteiger charge is -2.40. The molecule has 0 bridgehead atoms. The largest absolute Gasteiger partial charge is 0.456 e. The van der Waals surface area contributed by atoms with E-state index in [1.807, 2.05) is 109 Å². The topological polar surface area (TPSA) is 122 Å². The van der Waals surface area contributed by atoms with Gasteiger partial charge in [0.05, 0.1) is 33.3 Å². The predicted octanol–water partition coefficient (Wildman–Crippen LogP) is 27.1. The Bertz CT molecular complexity index is 7660. The molecule has 4 aliphatic rings. The molecule has 4 aromatic heterocycles. The summed E-state index contributed by atoms with van der Waals surface area (Å²) >= 11 is 0. The van der Waals surface area contributed by atoms with Gasteiger partial charge in [-0.05, 0) is 104 Å². The fourth-order valence-electron chi connectivity index (χ4n) is 19.4. The van der Waals surface area contributed by atoms with Crippen molar-refractivity contribution in [1.29, 1.82) is 0 Å². The minimum atomic E-state index is -0.616. The molecular formula is C112H68N8O2. The Labute approximate surface area is 703 Å². The van der Waals surface area contributed by atoms with Crippen molar-refractivity contribution < 1.29 is 9.47 Å². The van der Waals surface area contributed by atoms with Gasteiger partial charge in [-0.1, -0.05) is 364 Å². The molecule has 0 atom stereocenters. The van der Waals surface area contributed by atoms with Crippen LogP contribution < -0.4 is 9.47 Å². The molecule has 21 aromatic rings. The van der Waals surface area contributed by atoms with Gasteiger partial charge in [0.25, 0.3) is 0 Å². The van der Waals surface area contributed by atoms with Gasteiger partial charge in [-0.2, -0.15) is 0 Å². The smallest absolute Gasteiger partial charge is 0.164 e. The summed E-state index contributed by atoms with van der Waals surface area (Å²) in [5, 5.41) is 5.92. The number of benzene rings is 17. The first-order valence-corrected chi connectivity index (χ1v) is 41.2. The second kappa shape index (κ2) is 28.2. The molecule has 2 aliphatic heterocycles. The second-order valence-electron chi connectivity index (χ2n) is 31.4. The van der Waals surface area contributed by atoms with Crippen LogP contribution in [0.25, 0.3) is 168 Å². The third-order valence-corrected chi connectivity index (χ3v) is 24.8. The summed E-state index contributed by atoms with van der Waals surface area (Å²) in [6, 6.07) is 144. The minimum absolute atomic E-state index is 0.573. The van der Waals surface area contributed by atoms with E-state index in [2.05, 4.69) is 303 Å². The Morgan fingerprint density at radius 3 is 0.770 bits per heavy atom. The van der Waals surface area contributed by atoms with Crippen molar-refractivity contribution in [3.63, 3.8) is 0 Å². The van der Waals surface area contributed by atoms with E-state index in [-0.39, 0.29) is 0 Å². The van der Waals surface area contributed by atoms with E-state index in [0.717, 1.165) is 156 Å². The van der Waals surface area contributed by atoms with Gasteiger partial charge in [0.1, 0.15) is 23.0 Å². The van der Waals surface area contributed by atoms with Gasteiger partial charge in [0, 0.05) is 99.1 Å². The fourth-order valence-corrected chi connectivity index (χ4v) is 19.4. The maximum Gasteiger partial charge on any atom is 0.164 e. The van der Waals surface area contributed by atoms with E-state index in [4.69, 9.17) is 49.3 Å². The standard InChI is InChI=1S/C59H36N4O.C53H32N4O/c1-4-16-37(17-5-1)38-28-30-41(31-29-38)57-61-56(40-20-8-3-9-21-40)62-58(63-57)42-32-35-51-46(36-42)53-45(54(60-51)39-18-6-2-7-19-39)33-34-50-55(53)64-52-27-15-14-26-49(52)59(50)47-24-12-10-22-43(47)44-23-11-13-25-48(44)59;1-4-16-33(17-5-1)48-39-29-30-44-49(58-46-27-15-14-26-43(46)53(44)41-24-12-10-22-37(41)38-23-11-13-25-42(38)53)47(39)40-32-36(28-31-45(40)54-48)52-56-50(34-18-6-2-7-19-34)55-51(57-52)35-20-8-3-9-21-35/h1-36H;1-32H. The molecule has 0 amide bonds. The van der Waals surface area contributed by atoms with Crippen molar-refractivity contribution in [2.75, 3.05) is 0 Å². The Morgan fingerprint density at radius 1 is 0.172 bits per heavy atom. The molecule has 0 fully saturated rings. The number of hydrogen-bond donors (Lipinski definition) is 0. The first kappa shape index (κ1) is 70.0. The molecule has 2 spiro atoms. The van der Waals surface area contributed by atoms with Crippen LogP contribution in [0.1, 0.15) is 44.5 Å². The molecule has 0 radical (unpaired) electrons. The Morgan fingerprint density at radius 2 is 0.426 bits per heavy atom. The monoisotopic (exact) mass is 1560 g/mol. The van der Waals surface area contributed by atoms with Crippen LogP contribution in [0.5, 0.6) is 23.0 Å². The zero-order valence-electron chi connectivity index (χ0n) is 65.7. The van der Waals surface area contributed by atoms with E-state index in [1.54, 1.807) is 0 Å². The Balaban J connectivity index is 0.000000139. The molecule has 0 unspecified atom stereocenters. The summed E-state index contributed by atoms with van der Waals surface area (Å²) in [6.45, 7) is 0. The highest BCUT2D eigenvalue weighted by molar-refractivity contribution is 6.18. The first-order chi connectivity index (χ1) is 60.5. The van der Waals surface area contributed by atoms with Crippen molar-refractivity contribution in [1.82, 2.24) is 39.9 Å². The van der Waals surface area contributed by atoms with Gasteiger partial charge in [0.15, 0.2) is 34.9 Å². The van der Waals surface area contributed by atoms with Crippen molar-refractivity contribution in [3.05, 3.63) is 457 Å². The maximum absolute atomic E-state index is 7.28. The van der Waals surface area contributed by atoms with E-state index < -0.39 is 10.8 Å². The van der Waals surface area contributed by atoms with Crippen molar-refractivity contribution in [3.8, 4) is 147 Å². The zero-order valence-corrected chi connectivity index (χ0v) is 65.7. The highest BCUT2D eigenvalue weighted by Gasteiger charge is 2.53. The van der Waals surface area contributed by atoms with Gasteiger partial charge < -0.3 is 9.47 Å². The Kier molecular flexibility index (Phi) is 16.2. The molecule has 122 heavy (non-hydrogen) atoms. The van der Waals surface area contributed by atoms with Crippen LogP contribution in [0.15, 0.2) is 413 Å². The maximum atomic E-state index is 7.28. The van der Waals surface area contributed by atoms with Gasteiger partial charge >= 0.3 is 0 Å². The SMILES string of the molecule is c1ccc(-c2ccc(-c3nc(-c4ccccc4)nc(-c4ccc5nc(-c6ccccc6)c6ccc7c(c6c5c4)Oc4ccccc4C74c5ccccc5-c5ccccc54)n3)cc2)cc1.c1ccc(-c2nc(-c3ccccc3)nc(-c3ccc4nc(-c5ccccc5)c5ccc6c(c5c4c3)Oc3ccccc3C63c4ccccc4-c4ccccc43)n2)cc1. The second-order valence-corrected chi connectivity index (χ2v) is 31.4. The number of rotatable bonds is 9. The fraction of sp³-hybridized carbons (Fsp3) is 0.0179. The lowest BCUT2D eigenvalue weighted by Crippen LogP contribution is -2.32. The number of ether oxygens (including phenoxy) is 2. The highest BCUT2D eigenvalue weighted by Crippen LogP contribution is 2.66. The van der Waals surface area contributed by atoms with Crippen molar-refractivity contribution in [2.24, 2.45) is 0 Å². The molecule has 2 aliphatic carbocycles. The summed E-state index contributed by atoms with van der Waals surface area (Å²) in [4.78, 5) is 41.4. The quantitative estimate of drug-likeness (QED) is 0.129. The van der Waals surface area contributed by atoms with Crippen LogP contribution in [-0.4, -0.2) is 39.9 Å². The molecule has 10 nitrogen and oxygen atoms in total. The molecule has 6 heterocycles. The van der Waals surface area contributed by atoms with Crippen LogP contribution in [0, 0.1) is 0 Å². The summed E-state index contributed by atoms with van der Waals surface area (Å²) in [7, 11) is 0. The van der Waals surface area contributed by atoms with E-state index >= 15 is 0 Å². The lowest BCUT2D eigenvalue weighted by molar-refractivity contribution is 0.442. The van der Waals surface area contributed by atoms with Gasteiger partial charge in [-0.3, -0.25) is 0 Å². The number of para-hydroxylation sites is 2. The van der Waals surface area contributed by atoms with Gasteiger partial charge in [-0.15, -0.1) is 0 Å². The van der Waals surface area contributed by atoms with Crippen LogP contribution >= 0.6 is 0 Å². The summed E-state index contributed by atoms with van der Waals surface area (Å²) in [6.07, 6.45) is 0. The summed E-state index contributed by atoms with van der Waals surface area (Å²) in [5.74, 6) is 6.93. The average Bonchev–Trinajstić information content (AvgIpc) is 1.47. The number of pyridine rings is 2. The van der Waals surface area contributed by atoms with Gasteiger partial charge in [0.2, 0.25) is 0 Å². The summed E-state index contributed by atoms with van der Waals surface area (Å²) < 4.78 is 14.5. The molecule has 568 valence electrons. The van der Waals surface area contributed by atoms with Crippen molar-refractivity contribution >= 4 is 43.4 Å². The number of aromatic nitrogens is 8. The third-order valence-electron chi connectivity index (χ3n) is 24.8. The van der Waals surface area contributed by atoms with Crippen LogP contribution in [-0.2, 0) is 10.8 Å². The lowest BCUT2D eigenvalue weighted by atomic mass is 9.65. The van der Waals surface area contributed by atoms with E-state index in [9.17, 15) is 0 Å². The normalized spacial score (nSPS) is 13.0. The molecule has 0 saturated carbocycles. The van der Waals surface area contributed by atoms with E-state index in [1.165, 1.54) is 44.5 Å². The van der Waals surface area contributed by atoms with E-state index in [0.29, 0.717) is 34.9 Å². The molecular weight excluding hydrogens is 1490 g/mol.